The Balaban J connectivity index is 2.69. The molecule has 26 heavy (non-hydrogen) atoms. The van der Waals surface area contributed by atoms with E-state index in [1.807, 2.05) is 52.0 Å². The number of hydrogen-bond donors (Lipinski definition) is 2. The Morgan fingerprint density at radius 3 is 2.77 bits per heavy atom. The molecule has 0 bridgehead atoms. The van der Waals surface area contributed by atoms with Gasteiger partial charge in [0.15, 0.2) is 0 Å². The van der Waals surface area contributed by atoms with Crippen molar-refractivity contribution >= 4 is 5.91 Å². The average Bonchev–Trinajstić information content (AvgIpc) is 2.62. The number of ether oxygens (including phenoxy) is 2. The van der Waals surface area contributed by atoms with Gasteiger partial charge in [-0.1, -0.05) is 17.7 Å². The molecular formula is C20H29N3O3. The number of nitriles is 1. The van der Waals surface area contributed by atoms with Gasteiger partial charge in [0.1, 0.15) is 17.4 Å². The molecule has 142 valence electrons. The molecule has 1 unspecified atom stereocenters. The van der Waals surface area contributed by atoms with Crippen molar-refractivity contribution in [2.75, 3.05) is 26.4 Å². The lowest BCUT2D eigenvalue weighted by Crippen LogP contribution is -2.29. The van der Waals surface area contributed by atoms with Crippen molar-refractivity contribution in [1.29, 1.82) is 5.26 Å². The van der Waals surface area contributed by atoms with Crippen LogP contribution in [0.5, 0.6) is 5.75 Å². The fourth-order valence-electron chi connectivity index (χ4n) is 2.39. The molecule has 0 saturated heterocycles. The summed E-state index contributed by atoms with van der Waals surface area (Å²) in [5.74, 6) is 0.323. The van der Waals surface area contributed by atoms with Crippen LogP contribution in [0, 0.1) is 18.3 Å². The predicted molar refractivity (Wildman–Crippen MR) is 102 cm³/mol. The molecule has 0 radical (unpaired) electrons. The Bertz CT molecular complexity index is 650. The molecule has 0 saturated carbocycles. The molecule has 1 rings (SSSR count). The van der Waals surface area contributed by atoms with Crippen molar-refractivity contribution in [3.63, 3.8) is 0 Å². The van der Waals surface area contributed by atoms with E-state index < -0.39 is 5.91 Å². The number of amides is 1. The van der Waals surface area contributed by atoms with Gasteiger partial charge < -0.3 is 20.1 Å². The van der Waals surface area contributed by atoms with E-state index in [1.54, 1.807) is 0 Å². The standard InChI is InChI=1S/C20H29N3O3/c1-5-25-11-7-10-22-14-17(13-21)20(24)23-16(4)18-12-15(3)8-9-19(18)26-6-2/h8-9,12,14,16,22H,5-7,10-11H2,1-4H3,(H,23,24)/b17-14-. The van der Waals surface area contributed by atoms with Crippen LogP contribution in [0.3, 0.4) is 0 Å². The first-order valence-electron chi connectivity index (χ1n) is 8.99. The molecule has 0 aromatic heterocycles. The lowest BCUT2D eigenvalue weighted by atomic mass is 10.0. The average molecular weight is 359 g/mol. The number of carbonyl (C=O) groups is 1. The zero-order valence-corrected chi connectivity index (χ0v) is 16.1. The number of nitrogens with one attached hydrogen (secondary N) is 2. The molecular weight excluding hydrogens is 330 g/mol. The zero-order chi connectivity index (χ0) is 19.4. The molecule has 6 nitrogen and oxygen atoms in total. The van der Waals surface area contributed by atoms with Crippen molar-refractivity contribution in [3.8, 4) is 11.8 Å². The first-order valence-corrected chi connectivity index (χ1v) is 8.99. The summed E-state index contributed by atoms with van der Waals surface area (Å²) >= 11 is 0. The topological polar surface area (TPSA) is 83.4 Å². The fraction of sp³-hybridized carbons (Fsp3) is 0.500. The van der Waals surface area contributed by atoms with Crippen LogP contribution in [0.15, 0.2) is 30.0 Å². The van der Waals surface area contributed by atoms with Gasteiger partial charge in [0.25, 0.3) is 5.91 Å². The molecule has 6 heteroatoms. The second-order valence-corrected chi connectivity index (χ2v) is 5.84. The minimum atomic E-state index is -0.415. The van der Waals surface area contributed by atoms with Gasteiger partial charge >= 0.3 is 0 Å². The molecule has 1 aromatic carbocycles. The van der Waals surface area contributed by atoms with E-state index in [4.69, 9.17) is 9.47 Å². The Kier molecular flexibility index (Phi) is 9.88. The van der Waals surface area contributed by atoms with Crippen molar-refractivity contribution in [3.05, 3.63) is 41.1 Å². The molecule has 2 N–H and O–H groups in total. The van der Waals surface area contributed by atoms with Crippen molar-refractivity contribution in [2.45, 2.75) is 40.2 Å². The molecule has 0 aliphatic carbocycles. The maximum atomic E-state index is 12.4. The largest absolute Gasteiger partial charge is 0.494 e. The van der Waals surface area contributed by atoms with Crippen LogP contribution in [0.25, 0.3) is 0 Å². The van der Waals surface area contributed by atoms with Gasteiger partial charge in [0.2, 0.25) is 0 Å². The zero-order valence-electron chi connectivity index (χ0n) is 16.1. The van der Waals surface area contributed by atoms with E-state index in [1.165, 1.54) is 6.20 Å². The highest BCUT2D eigenvalue weighted by Gasteiger charge is 2.17. The Hall–Kier alpha value is -2.52. The number of carbonyl (C=O) groups excluding carboxylic acids is 1. The molecule has 0 heterocycles. The van der Waals surface area contributed by atoms with Gasteiger partial charge in [-0.2, -0.15) is 5.26 Å². The van der Waals surface area contributed by atoms with Crippen molar-refractivity contribution < 1.29 is 14.3 Å². The van der Waals surface area contributed by atoms with Crippen LogP contribution in [-0.4, -0.2) is 32.3 Å². The highest BCUT2D eigenvalue weighted by Crippen LogP contribution is 2.26. The molecule has 0 aliphatic rings. The minimum absolute atomic E-state index is 0.0406. The number of rotatable bonds is 11. The van der Waals surface area contributed by atoms with E-state index in [-0.39, 0.29) is 11.6 Å². The van der Waals surface area contributed by atoms with Crippen LogP contribution in [0.2, 0.25) is 0 Å². The van der Waals surface area contributed by atoms with Gasteiger partial charge in [0.05, 0.1) is 12.6 Å². The van der Waals surface area contributed by atoms with Gasteiger partial charge in [0, 0.05) is 31.5 Å². The summed E-state index contributed by atoms with van der Waals surface area (Å²) in [5.41, 5.74) is 2.01. The predicted octanol–water partition coefficient (Wildman–Crippen LogP) is 2.99. The van der Waals surface area contributed by atoms with Gasteiger partial charge in [-0.15, -0.1) is 0 Å². The second kappa shape index (κ2) is 11.9. The van der Waals surface area contributed by atoms with E-state index in [2.05, 4.69) is 10.6 Å². The minimum Gasteiger partial charge on any atom is -0.494 e. The summed E-state index contributed by atoms with van der Waals surface area (Å²) in [6.45, 7) is 10.2. The van der Waals surface area contributed by atoms with Gasteiger partial charge in [-0.05, 0) is 40.2 Å². The third kappa shape index (κ3) is 7.16. The molecule has 1 atom stereocenters. The summed E-state index contributed by atoms with van der Waals surface area (Å²) < 4.78 is 10.9. The number of aryl methyl sites for hydroxylation is 1. The summed E-state index contributed by atoms with van der Waals surface area (Å²) in [7, 11) is 0. The molecule has 0 aliphatic heterocycles. The van der Waals surface area contributed by atoms with E-state index in [0.29, 0.717) is 26.4 Å². The Morgan fingerprint density at radius 1 is 1.35 bits per heavy atom. The summed E-state index contributed by atoms with van der Waals surface area (Å²) in [5, 5.41) is 15.1. The molecule has 0 spiro atoms. The third-order valence-corrected chi connectivity index (χ3v) is 3.70. The lowest BCUT2D eigenvalue weighted by molar-refractivity contribution is -0.117. The first kappa shape index (κ1) is 21.5. The van der Waals surface area contributed by atoms with Crippen LogP contribution < -0.4 is 15.4 Å². The maximum absolute atomic E-state index is 12.4. The Morgan fingerprint density at radius 2 is 2.12 bits per heavy atom. The fourth-order valence-corrected chi connectivity index (χ4v) is 2.39. The van der Waals surface area contributed by atoms with E-state index in [0.717, 1.165) is 23.3 Å². The Labute approximate surface area is 156 Å². The quantitative estimate of drug-likeness (QED) is 0.360. The SMILES string of the molecule is CCOCCCN/C=C(/C#N)C(=O)NC(C)c1cc(C)ccc1OCC. The first-order chi connectivity index (χ1) is 12.5. The summed E-state index contributed by atoms with van der Waals surface area (Å²) in [4.78, 5) is 12.4. The normalized spacial score (nSPS) is 12.2. The number of benzene rings is 1. The summed E-state index contributed by atoms with van der Waals surface area (Å²) in [6, 6.07) is 7.51. The van der Waals surface area contributed by atoms with E-state index in [9.17, 15) is 10.1 Å². The number of hydrogen-bond acceptors (Lipinski definition) is 5. The third-order valence-electron chi connectivity index (χ3n) is 3.70. The van der Waals surface area contributed by atoms with Crippen molar-refractivity contribution in [2.24, 2.45) is 0 Å². The maximum Gasteiger partial charge on any atom is 0.263 e. The highest BCUT2D eigenvalue weighted by atomic mass is 16.5. The van der Waals surface area contributed by atoms with E-state index >= 15 is 0 Å². The van der Waals surface area contributed by atoms with Crippen LogP contribution >= 0.6 is 0 Å². The van der Waals surface area contributed by atoms with Crippen LogP contribution in [0.1, 0.15) is 44.4 Å². The smallest absolute Gasteiger partial charge is 0.263 e. The summed E-state index contributed by atoms with van der Waals surface area (Å²) in [6.07, 6.45) is 2.26. The van der Waals surface area contributed by atoms with Crippen LogP contribution in [-0.2, 0) is 9.53 Å². The lowest BCUT2D eigenvalue weighted by Gasteiger charge is -2.18. The second-order valence-electron chi connectivity index (χ2n) is 5.84. The molecule has 1 aromatic rings. The number of nitrogens with zero attached hydrogens (tertiary/aromatic N) is 1. The van der Waals surface area contributed by atoms with Gasteiger partial charge in [-0.3, -0.25) is 4.79 Å². The molecule has 1 amide bonds. The van der Waals surface area contributed by atoms with Gasteiger partial charge in [-0.25, -0.2) is 0 Å². The monoisotopic (exact) mass is 359 g/mol. The molecule has 0 fully saturated rings. The highest BCUT2D eigenvalue weighted by molar-refractivity contribution is 5.97. The van der Waals surface area contributed by atoms with Crippen molar-refractivity contribution in [1.82, 2.24) is 10.6 Å². The van der Waals surface area contributed by atoms with Crippen LogP contribution in [0.4, 0.5) is 0 Å².